The second kappa shape index (κ2) is 5.14. The molecule has 23 heavy (non-hydrogen) atoms. The summed E-state index contributed by atoms with van der Waals surface area (Å²) >= 11 is 0. The third-order valence-electron chi connectivity index (χ3n) is 3.97. The van der Waals surface area contributed by atoms with Gasteiger partial charge in [0.2, 0.25) is 10.0 Å². The number of hydrogen-bond acceptors (Lipinski definition) is 6. The van der Waals surface area contributed by atoms with Crippen LogP contribution in [0.15, 0.2) is 33.9 Å². The van der Waals surface area contributed by atoms with E-state index >= 15 is 0 Å². The topological polar surface area (TPSA) is 103 Å². The molecule has 0 radical (unpaired) electrons. The molecule has 0 saturated carbocycles. The van der Waals surface area contributed by atoms with E-state index in [9.17, 15) is 8.42 Å². The number of aryl methyl sites for hydroxylation is 2. The Kier molecular flexibility index (Phi) is 3.20. The van der Waals surface area contributed by atoms with Crippen molar-refractivity contribution in [3.05, 3.63) is 35.9 Å². The lowest BCUT2D eigenvalue weighted by Crippen LogP contribution is -2.40. The van der Waals surface area contributed by atoms with Gasteiger partial charge in [-0.2, -0.15) is 0 Å². The van der Waals surface area contributed by atoms with Crippen molar-refractivity contribution in [2.45, 2.75) is 37.2 Å². The summed E-state index contributed by atoms with van der Waals surface area (Å²) in [5, 5.41) is 7.38. The maximum atomic E-state index is 12.7. The third-order valence-corrected chi connectivity index (χ3v) is 5.53. The highest BCUT2D eigenvalue weighted by Gasteiger charge is 2.27. The highest BCUT2D eigenvalue weighted by atomic mass is 32.2. The predicted octanol–water partition coefficient (Wildman–Crippen LogP) is 1.02. The van der Waals surface area contributed by atoms with Crippen molar-refractivity contribution in [2.24, 2.45) is 0 Å². The van der Waals surface area contributed by atoms with Crippen LogP contribution in [-0.2, 0) is 23.0 Å². The van der Waals surface area contributed by atoms with Crippen LogP contribution in [0.3, 0.4) is 0 Å². The molecule has 3 heterocycles. The van der Waals surface area contributed by atoms with Gasteiger partial charge in [0.05, 0.1) is 5.69 Å². The first kappa shape index (κ1) is 14.3. The summed E-state index contributed by atoms with van der Waals surface area (Å²) in [6.07, 6.45) is 3.40. The molecule has 8 nitrogen and oxygen atoms in total. The molecule has 1 aliphatic rings. The first-order chi connectivity index (χ1) is 11.0. The Morgan fingerprint density at radius 3 is 3.09 bits per heavy atom. The van der Waals surface area contributed by atoms with Crippen LogP contribution in [0.2, 0.25) is 0 Å². The third kappa shape index (κ3) is 2.51. The largest absolute Gasteiger partial charge is 0.333 e. The average molecular weight is 333 g/mol. The highest BCUT2D eigenvalue weighted by molar-refractivity contribution is 7.89. The van der Waals surface area contributed by atoms with Crippen molar-refractivity contribution in [3.63, 3.8) is 0 Å². The standard InChI is InChI=1S/C14H15N5O3S/c1-9-7-19-8-10(5-6-13(19)15-9)18-23(20,21)12-4-2-3-11-14(12)17-22-16-11/h2-4,7,10,18H,5-6,8H2,1H3/t10-/m1/s1. The van der Waals surface area contributed by atoms with Crippen LogP contribution in [0.1, 0.15) is 17.9 Å². The first-order valence-corrected chi connectivity index (χ1v) is 8.77. The van der Waals surface area contributed by atoms with Crippen LogP contribution in [-0.4, -0.2) is 34.3 Å². The minimum Gasteiger partial charge on any atom is -0.333 e. The second-order valence-corrected chi connectivity index (χ2v) is 7.38. The zero-order valence-corrected chi connectivity index (χ0v) is 13.2. The fraction of sp³-hybridized carbons (Fsp3) is 0.357. The quantitative estimate of drug-likeness (QED) is 0.767. The SMILES string of the molecule is Cc1cn2c(n1)CC[C@@H](NS(=O)(=O)c1cccc3nonc13)C2. The Bertz CT molecular complexity index is 975. The molecule has 0 unspecified atom stereocenters. The Labute approximate surface area is 132 Å². The Hall–Kier alpha value is -2.26. The summed E-state index contributed by atoms with van der Waals surface area (Å²) in [4.78, 5) is 4.52. The lowest BCUT2D eigenvalue weighted by atomic mass is 10.1. The molecule has 0 spiro atoms. The number of sulfonamides is 1. The Balaban J connectivity index is 1.62. The summed E-state index contributed by atoms with van der Waals surface area (Å²) in [5.41, 5.74) is 1.61. The summed E-state index contributed by atoms with van der Waals surface area (Å²) in [6.45, 7) is 2.51. The van der Waals surface area contributed by atoms with Gasteiger partial charge in [-0.05, 0) is 35.8 Å². The monoisotopic (exact) mass is 333 g/mol. The van der Waals surface area contributed by atoms with E-state index in [0.29, 0.717) is 18.5 Å². The van der Waals surface area contributed by atoms with E-state index in [1.165, 1.54) is 6.07 Å². The molecule has 1 atom stereocenters. The summed E-state index contributed by atoms with van der Waals surface area (Å²) < 4.78 is 34.8. The molecule has 9 heteroatoms. The predicted molar refractivity (Wildman–Crippen MR) is 81.2 cm³/mol. The average Bonchev–Trinajstić information content (AvgIpc) is 3.10. The molecule has 1 aliphatic heterocycles. The van der Waals surface area contributed by atoms with Crippen LogP contribution in [0.4, 0.5) is 0 Å². The van der Waals surface area contributed by atoms with E-state index in [-0.39, 0.29) is 16.5 Å². The van der Waals surface area contributed by atoms with Crippen molar-refractivity contribution in [2.75, 3.05) is 0 Å². The zero-order chi connectivity index (χ0) is 16.0. The van der Waals surface area contributed by atoms with E-state index < -0.39 is 10.0 Å². The Morgan fingerprint density at radius 1 is 1.35 bits per heavy atom. The molecule has 1 N–H and O–H groups in total. The number of aromatic nitrogens is 4. The van der Waals surface area contributed by atoms with Crippen molar-refractivity contribution in [1.82, 2.24) is 24.6 Å². The van der Waals surface area contributed by atoms with Gasteiger partial charge in [0.25, 0.3) is 0 Å². The molecule has 0 bridgehead atoms. The van der Waals surface area contributed by atoms with E-state index in [0.717, 1.165) is 17.9 Å². The van der Waals surface area contributed by atoms with Crippen LogP contribution in [0.5, 0.6) is 0 Å². The van der Waals surface area contributed by atoms with Crippen LogP contribution >= 0.6 is 0 Å². The fourth-order valence-corrected chi connectivity index (χ4v) is 4.38. The minimum absolute atomic E-state index is 0.0869. The maximum Gasteiger partial charge on any atom is 0.243 e. The van der Waals surface area contributed by atoms with Gasteiger partial charge in [-0.15, -0.1) is 0 Å². The van der Waals surface area contributed by atoms with Gasteiger partial charge in [0.15, 0.2) is 5.52 Å². The van der Waals surface area contributed by atoms with Gasteiger partial charge >= 0.3 is 0 Å². The Morgan fingerprint density at radius 2 is 2.22 bits per heavy atom. The smallest absolute Gasteiger partial charge is 0.243 e. The number of benzene rings is 1. The van der Waals surface area contributed by atoms with E-state index in [1.54, 1.807) is 12.1 Å². The molecule has 1 aromatic carbocycles. The number of nitrogens with zero attached hydrogens (tertiary/aromatic N) is 4. The fourth-order valence-electron chi connectivity index (χ4n) is 2.96. The molecule has 0 aliphatic carbocycles. The molecule has 2 aromatic heterocycles. The molecular weight excluding hydrogens is 318 g/mol. The zero-order valence-electron chi connectivity index (χ0n) is 12.4. The molecule has 3 aromatic rings. The number of imidazole rings is 1. The normalized spacial score (nSPS) is 18.2. The molecule has 0 fully saturated rings. The molecule has 0 amide bonds. The summed E-state index contributed by atoms with van der Waals surface area (Å²) in [7, 11) is -3.70. The van der Waals surface area contributed by atoms with E-state index in [2.05, 4.69) is 24.6 Å². The van der Waals surface area contributed by atoms with Gasteiger partial charge in [-0.1, -0.05) is 6.07 Å². The van der Waals surface area contributed by atoms with Gasteiger partial charge < -0.3 is 4.57 Å². The van der Waals surface area contributed by atoms with Gasteiger partial charge in [0.1, 0.15) is 16.2 Å². The van der Waals surface area contributed by atoms with Crippen molar-refractivity contribution in [3.8, 4) is 0 Å². The van der Waals surface area contributed by atoms with Crippen molar-refractivity contribution >= 4 is 21.1 Å². The lowest BCUT2D eigenvalue weighted by molar-refractivity contribution is 0.315. The number of nitrogens with one attached hydrogen (secondary N) is 1. The van der Waals surface area contributed by atoms with Crippen molar-refractivity contribution in [1.29, 1.82) is 0 Å². The first-order valence-electron chi connectivity index (χ1n) is 7.29. The molecule has 120 valence electrons. The van der Waals surface area contributed by atoms with Gasteiger partial charge in [-0.3, -0.25) is 0 Å². The highest BCUT2D eigenvalue weighted by Crippen LogP contribution is 2.22. The number of hydrogen-bond donors (Lipinski definition) is 1. The maximum absolute atomic E-state index is 12.7. The molecule has 4 rings (SSSR count). The van der Waals surface area contributed by atoms with Crippen LogP contribution in [0, 0.1) is 6.92 Å². The van der Waals surface area contributed by atoms with E-state index in [1.807, 2.05) is 17.7 Å². The lowest BCUT2D eigenvalue weighted by Gasteiger charge is -2.24. The summed E-state index contributed by atoms with van der Waals surface area (Å²) in [5.74, 6) is 1.00. The van der Waals surface area contributed by atoms with Crippen molar-refractivity contribution < 1.29 is 13.0 Å². The van der Waals surface area contributed by atoms with Gasteiger partial charge in [-0.25, -0.2) is 22.8 Å². The number of rotatable bonds is 3. The van der Waals surface area contributed by atoms with Gasteiger partial charge in [0, 0.05) is 25.2 Å². The van der Waals surface area contributed by atoms with Crippen LogP contribution < -0.4 is 4.72 Å². The number of fused-ring (bicyclic) bond motifs is 2. The van der Waals surface area contributed by atoms with E-state index in [4.69, 9.17) is 0 Å². The molecular formula is C14H15N5O3S. The summed E-state index contributed by atoms with van der Waals surface area (Å²) in [6, 6.07) is 4.60. The van der Waals surface area contributed by atoms with Crippen LogP contribution in [0.25, 0.3) is 11.0 Å². The second-order valence-electron chi connectivity index (χ2n) is 5.70. The minimum atomic E-state index is -3.70. The molecule has 0 saturated heterocycles.